The fourth-order valence-corrected chi connectivity index (χ4v) is 5.21. The summed E-state index contributed by atoms with van der Waals surface area (Å²) in [5.74, 6) is 1.21. The third kappa shape index (κ3) is 4.48. The molecule has 25 heavy (non-hydrogen) atoms. The second kappa shape index (κ2) is 7.43. The van der Waals surface area contributed by atoms with Crippen molar-refractivity contribution in [3.63, 3.8) is 0 Å². The van der Waals surface area contributed by atoms with Gasteiger partial charge in [0.05, 0.1) is 0 Å². The van der Waals surface area contributed by atoms with E-state index in [2.05, 4.69) is 45.0 Å². The molecule has 1 amide bonds. The average molecular weight is 352 g/mol. The van der Waals surface area contributed by atoms with Gasteiger partial charge in [0, 0.05) is 31.2 Å². The quantitative estimate of drug-likeness (QED) is 0.845. The lowest BCUT2D eigenvalue weighted by molar-refractivity contribution is 0.00263. The zero-order valence-electron chi connectivity index (χ0n) is 16.8. The van der Waals surface area contributed by atoms with E-state index in [-0.39, 0.29) is 11.7 Å². The standard InChI is InChI=1S/C20H37N3O2/c1-14-10-16(12-21-14)11-20(3,4)25-19(24)23-9-8-17(13-23)18-7-6-15(2)22(18)5/h14-18,21H,6-13H2,1-5H3. The highest BCUT2D eigenvalue weighted by Crippen LogP contribution is 2.33. The van der Waals surface area contributed by atoms with Crippen molar-refractivity contribution in [3.05, 3.63) is 0 Å². The summed E-state index contributed by atoms with van der Waals surface area (Å²) < 4.78 is 5.92. The van der Waals surface area contributed by atoms with E-state index in [0.29, 0.717) is 30.0 Å². The smallest absolute Gasteiger partial charge is 0.410 e. The molecule has 3 aliphatic heterocycles. The van der Waals surface area contributed by atoms with Crippen LogP contribution in [0.5, 0.6) is 0 Å². The summed E-state index contributed by atoms with van der Waals surface area (Å²) in [5.41, 5.74) is -0.385. The molecule has 0 aromatic rings. The minimum Gasteiger partial charge on any atom is -0.443 e. The minimum atomic E-state index is -0.385. The van der Waals surface area contributed by atoms with Crippen LogP contribution in [0.25, 0.3) is 0 Å². The fraction of sp³-hybridized carbons (Fsp3) is 0.950. The summed E-state index contributed by atoms with van der Waals surface area (Å²) in [5, 5.41) is 3.49. The Bertz CT molecular complexity index is 482. The Morgan fingerprint density at radius 1 is 1.24 bits per heavy atom. The van der Waals surface area contributed by atoms with Crippen LogP contribution >= 0.6 is 0 Å². The Labute approximate surface area is 153 Å². The summed E-state index contributed by atoms with van der Waals surface area (Å²) in [4.78, 5) is 17.1. The van der Waals surface area contributed by atoms with Crippen molar-refractivity contribution in [2.24, 2.45) is 11.8 Å². The van der Waals surface area contributed by atoms with E-state index in [9.17, 15) is 4.79 Å². The van der Waals surface area contributed by atoms with Crippen LogP contribution in [0.4, 0.5) is 4.79 Å². The molecule has 5 unspecified atom stereocenters. The van der Waals surface area contributed by atoms with Crippen molar-refractivity contribution in [2.45, 2.75) is 83.5 Å². The second-order valence-corrected chi connectivity index (χ2v) is 9.40. The van der Waals surface area contributed by atoms with Gasteiger partial charge in [-0.05, 0) is 85.2 Å². The summed E-state index contributed by atoms with van der Waals surface area (Å²) >= 11 is 0. The Morgan fingerprint density at radius 2 is 2.00 bits per heavy atom. The summed E-state index contributed by atoms with van der Waals surface area (Å²) in [6.07, 6.45) is 5.67. The molecule has 0 radical (unpaired) electrons. The molecular formula is C20H37N3O2. The van der Waals surface area contributed by atoms with E-state index in [1.54, 1.807) is 0 Å². The van der Waals surface area contributed by atoms with Gasteiger partial charge in [-0.25, -0.2) is 4.79 Å². The number of hydrogen-bond acceptors (Lipinski definition) is 4. The molecule has 0 aromatic heterocycles. The van der Waals surface area contributed by atoms with Crippen LogP contribution in [0.3, 0.4) is 0 Å². The summed E-state index contributed by atoms with van der Waals surface area (Å²) in [6, 6.07) is 1.89. The van der Waals surface area contributed by atoms with Crippen LogP contribution in [0.2, 0.25) is 0 Å². The molecule has 144 valence electrons. The fourth-order valence-electron chi connectivity index (χ4n) is 5.21. The summed E-state index contributed by atoms with van der Waals surface area (Å²) in [7, 11) is 2.24. The number of rotatable bonds is 4. The van der Waals surface area contributed by atoms with E-state index >= 15 is 0 Å². The van der Waals surface area contributed by atoms with Crippen molar-refractivity contribution >= 4 is 6.09 Å². The van der Waals surface area contributed by atoms with Gasteiger partial charge in [-0.1, -0.05) is 0 Å². The molecule has 3 aliphatic rings. The molecule has 1 N–H and O–H groups in total. The number of likely N-dealkylation sites (tertiary alicyclic amines) is 2. The lowest BCUT2D eigenvalue weighted by atomic mass is 9.91. The molecule has 3 rings (SSSR count). The van der Waals surface area contributed by atoms with E-state index in [4.69, 9.17) is 4.74 Å². The third-order valence-electron chi connectivity index (χ3n) is 6.71. The first-order chi connectivity index (χ1) is 11.7. The number of nitrogens with one attached hydrogen (secondary N) is 1. The number of ether oxygens (including phenoxy) is 1. The number of hydrogen-bond donors (Lipinski definition) is 1. The first-order valence-electron chi connectivity index (χ1n) is 10.2. The predicted octanol–water partition coefficient (Wildman–Crippen LogP) is 3.09. The molecule has 3 heterocycles. The van der Waals surface area contributed by atoms with Crippen LogP contribution in [0.1, 0.15) is 59.8 Å². The number of amides is 1. The molecular weight excluding hydrogens is 314 g/mol. The zero-order valence-corrected chi connectivity index (χ0v) is 16.8. The van der Waals surface area contributed by atoms with Gasteiger partial charge in [-0.15, -0.1) is 0 Å². The highest BCUT2D eigenvalue weighted by molar-refractivity contribution is 5.68. The third-order valence-corrected chi connectivity index (χ3v) is 6.71. The molecule has 3 saturated heterocycles. The van der Waals surface area contributed by atoms with Crippen LogP contribution < -0.4 is 5.32 Å². The maximum absolute atomic E-state index is 12.7. The van der Waals surface area contributed by atoms with Crippen molar-refractivity contribution in [1.82, 2.24) is 15.1 Å². The molecule has 5 heteroatoms. The average Bonchev–Trinajstić information content (AvgIpc) is 3.21. The predicted molar refractivity (Wildman–Crippen MR) is 101 cm³/mol. The Kier molecular flexibility index (Phi) is 5.64. The summed E-state index contributed by atoms with van der Waals surface area (Å²) in [6.45, 7) is 11.4. The maximum atomic E-state index is 12.7. The van der Waals surface area contributed by atoms with E-state index in [1.807, 2.05) is 4.90 Å². The highest BCUT2D eigenvalue weighted by atomic mass is 16.6. The highest BCUT2D eigenvalue weighted by Gasteiger charge is 2.40. The number of carbonyl (C=O) groups is 1. The van der Waals surface area contributed by atoms with Gasteiger partial charge in [0.2, 0.25) is 0 Å². The van der Waals surface area contributed by atoms with Crippen LogP contribution in [0, 0.1) is 11.8 Å². The second-order valence-electron chi connectivity index (χ2n) is 9.40. The number of nitrogens with zero attached hydrogens (tertiary/aromatic N) is 2. The van der Waals surface area contributed by atoms with Gasteiger partial charge < -0.3 is 19.9 Å². The lowest BCUT2D eigenvalue weighted by Crippen LogP contribution is -2.40. The van der Waals surface area contributed by atoms with E-state index in [0.717, 1.165) is 32.5 Å². The SMILES string of the molecule is CC1CC(CC(C)(C)OC(=O)N2CCC(C3CCC(C)N3C)C2)CN1. The van der Waals surface area contributed by atoms with Crippen LogP contribution in [0.15, 0.2) is 0 Å². The molecule has 0 spiro atoms. The number of carbonyl (C=O) groups excluding carboxylic acids is 1. The van der Waals surface area contributed by atoms with Crippen molar-refractivity contribution in [1.29, 1.82) is 0 Å². The minimum absolute atomic E-state index is 0.111. The van der Waals surface area contributed by atoms with E-state index in [1.165, 1.54) is 19.3 Å². The van der Waals surface area contributed by atoms with Gasteiger partial charge in [-0.3, -0.25) is 0 Å². The van der Waals surface area contributed by atoms with Gasteiger partial charge in [0.25, 0.3) is 0 Å². The molecule has 0 saturated carbocycles. The monoisotopic (exact) mass is 351 g/mol. The van der Waals surface area contributed by atoms with Crippen LogP contribution in [-0.4, -0.2) is 66.3 Å². The first kappa shape index (κ1) is 19.0. The maximum Gasteiger partial charge on any atom is 0.410 e. The molecule has 3 fully saturated rings. The van der Waals surface area contributed by atoms with Crippen molar-refractivity contribution in [3.8, 4) is 0 Å². The molecule has 0 aliphatic carbocycles. The van der Waals surface area contributed by atoms with Gasteiger partial charge in [-0.2, -0.15) is 0 Å². The molecule has 0 aromatic carbocycles. The Morgan fingerprint density at radius 3 is 2.60 bits per heavy atom. The molecule has 5 atom stereocenters. The zero-order chi connectivity index (χ0) is 18.2. The van der Waals surface area contributed by atoms with Gasteiger partial charge >= 0.3 is 6.09 Å². The first-order valence-corrected chi connectivity index (χ1v) is 10.2. The molecule has 5 nitrogen and oxygen atoms in total. The lowest BCUT2D eigenvalue weighted by Gasteiger charge is -2.31. The Hall–Kier alpha value is -0.810. The Balaban J connectivity index is 1.48. The normalized spacial score (nSPS) is 37.0. The van der Waals surface area contributed by atoms with E-state index < -0.39 is 0 Å². The van der Waals surface area contributed by atoms with Crippen LogP contribution in [-0.2, 0) is 4.74 Å². The topological polar surface area (TPSA) is 44.8 Å². The van der Waals surface area contributed by atoms with Gasteiger partial charge in [0.15, 0.2) is 0 Å². The largest absolute Gasteiger partial charge is 0.443 e. The van der Waals surface area contributed by atoms with Crippen molar-refractivity contribution in [2.75, 3.05) is 26.7 Å². The van der Waals surface area contributed by atoms with Gasteiger partial charge in [0.1, 0.15) is 5.60 Å². The molecule has 0 bridgehead atoms. The van der Waals surface area contributed by atoms with Crippen molar-refractivity contribution < 1.29 is 9.53 Å².